The molecule has 0 saturated carbocycles. The summed E-state index contributed by atoms with van der Waals surface area (Å²) in [6, 6.07) is 8.97. The molecule has 0 heterocycles. The van der Waals surface area contributed by atoms with Gasteiger partial charge in [-0.3, -0.25) is 0 Å². The van der Waals surface area contributed by atoms with Crippen LogP contribution in [0.25, 0.3) is 0 Å². The first-order valence-electron chi connectivity index (χ1n) is 7.86. The summed E-state index contributed by atoms with van der Waals surface area (Å²) in [6.07, 6.45) is 6.70. The van der Waals surface area contributed by atoms with Gasteiger partial charge in [-0.2, -0.15) is 0 Å². The third-order valence-electron chi connectivity index (χ3n) is 3.48. The molecule has 0 saturated heterocycles. The third-order valence-corrected chi connectivity index (χ3v) is 3.48. The summed E-state index contributed by atoms with van der Waals surface area (Å²) in [5, 5.41) is 2.80. The highest BCUT2D eigenvalue weighted by atomic mass is 16.5. The van der Waals surface area contributed by atoms with E-state index in [9.17, 15) is 9.70 Å². The first-order chi connectivity index (χ1) is 10.8. The van der Waals surface area contributed by atoms with E-state index in [1.165, 1.54) is 7.11 Å². The maximum atomic E-state index is 11.2. The summed E-state index contributed by atoms with van der Waals surface area (Å²) in [4.78, 5) is 21.7. The molecule has 5 heteroatoms. The van der Waals surface area contributed by atoms with Crippen LogP contribution in [0, 0.1) is 4.91 Å². The van der Waals surface area contributed by atoms with Gasteiger partial charge in [0.25, 0.3) is 0 Å². The van der Waals surface area contributed by atoms with Gasteiger partial charge in [-0.25, -0.2) is 4.79 Å². The summed E-state index contributed by atoms with van der Waals surface area (Å²) < 4.78 is 10.1. The molecule has 0 aliphatic heterocycles. The molecular formula is C17H25NO4. The smallest absolute Gasteiger partial charge is 0.334 e. The van der Waals surface area contributed by atoms with Crippen molar-refractivity contribution in [2.24, 2.45) is 5.18 Å². The summed E-state index contributed by atoms with van der Waals surface area (Å²) >= 11 is 0. The maximum absolute atomic E-state index is 11.2. The van der Waals surface area contributed by atoms with Gasteiger partial charge in [0.1, 0.15) is 5.75 Å². The van der Waals surface area contributed by atoms with E-state index >= 15 is 0 Å². The number of hydrogen-bond acceptors (Lipinski definition) is 5. The third kappa shape index (κ3) is 7.76. The van der Waals surface area contributed by atoms with Crippen LogP contribution in [0.1, 0.15) is 44.9 Å². The van der Waals surface area contributed by atoms with E-state index in [0.717, 1.165) is 50.9 Å². The topological polar surface area (TPSA) is 65.0 Å². The van der Waals surface area contributed by atoms with Crippen molar-refractivity contribution in [2.75, 3.05) is 13.7 Å². The number of unbranched alkanes of at least 4 members (excludes halogenated alkanes) is 5. The van der Waals surface area contributed by atoms with E-state index in [2.05, 4.69) is 9.91 Å². The molecule has 0 spiro atoms. The highest BCUT2D eigenvalue weighted by Gasteiger charge is 2.18. The zero-order valence-corrected chi connectivity index (χ0v) is 13.2. The fourth-order valence-corrected chi connectivity index (χ4v) is 2.20. The molecule has 5 nitrogen and oxygen atoms in total. The Morgan fingerprint density at radius 3 is 2.32 bits per heavy atom. The van der Waals surface area contributed by atoms with Crippen LogP contribution in [0.15, 0.2) is 35.5 Å². The lowest BCUT2D eigenvalue weighted by atomic mass is 10.1. The number of nitrogens with zero attached hydrogens (tertiary/aromatic N) is 1. The minimum absolute atomic E-state index is 0.479. The van der Waals surface area contributed by atoms with Crippen LogP contribution in [0.3, 0.4) is 0 Å². The normalized spacial score (nSPS) is 11.7. The quantitative estimate of drug-likeness (QED) is 0.331. The average Bonchev–Trinajstić information content (AvgIpc) is 2.57. The largest absolute Gasteiger partial charge is 0.494 e. The molecule has 0 fully saturated rings. The van der Waals surface area contributed by atoms with Crippen molar-refractivity contribution in [3.8, 4) is 5.75 Å². The number of rotatable bonds is 12. The number of ether oxygens (including phenoxy) is 2. The van der Waals surface area contributed by atoms with Crippen molar-refractivity contribution in [3.63, 3.8) is 0 Å². The number of carbonyl (C=O) groups excluding carboxylic acids is 1. The average molecular weight is 307 g/mol. The van der Waals surface area contributed by atoms with Crippen LogP contribution in [-0.2, 0) is 9.53 Å². The number of methoxy groups -OCH3 is 1. The predicted octanol–water partition coefficient (Wildman–Crippen LogP) is 4.10. The van der Waals surface area contributed by atoms with Crippen LogP contribution >= 0.6 is 0 Å². The summed E-state index contributed by atoms with van der Waals surface area (Å²) in [6.45, 7) is 0.740. The van der Waals surface area contributed by atoms with Crippen LogP contribution in [-0.4, -0.2) is 25.7 Å². The lowest BCUT2D eigenvalue weighted by Gasteiger charge is -2.07. The highest BCUT2D eigenvalue weighted by Crippen LogP contribution is 2.12. The van der Waals surface area contributed by atoms with E-state index in [1.54, 1.807) is 0 Å². The number of carbonyl (C=O) groups is 1. The minimum atomic E-state index is -0.843. The molecule has 0 amide bonds. The first-order valence-corrected chi connectivity index (χ1v) is 7.86. The maximum Gasteiger partial charge on any atom is 0.334 e. The van der Waals surface area contributed by atoms with Crippen LogP contribution < -0.4 is 4.74 Å². The lowest BCUT2D eigenvalue weighted by molar-refractivity contribution is -0.142. The summed E-state index contributed by atoms with van der Waals surface area (Å²) in [5.74, 6) is 0.380. The molecule has 1 atom stereocenters. The van der Waals surface area contributed by atoms with E-state index in [4.69, 9.17) is 4.74 Å². The summed E-state index contributed by atoms with van der Waals surface area (Å²) in [7, 11) is 1.28. The molecule has 0 aliphatic rings. The van der Waals surface area contributed by atoms with Gasteiger partial charge in [-0.05, 0) is 25.0 Å². The van der Waals surface area contributed by atoms with Crippen LogP contribution in [0.4, 0.5) is 0 Å². The molecule has 22 heavy (non-hydrogen) atoms. The van der Waals surface area contributed by atoms with Gasteiger partial charge in [0.15, 0.2) is 6.04 Å². The highest BCUT2D eigenvalue weighted by molar-refractivity contribution is 5.75. The number of esters is 1. The second-order valence-corrected chi connectivity index (χ2v) is 5.22. The molecule has 1 unspecified atom stereocenters. The second kappa shape index (κ2) is 11.7. The van der Waals surface area contributed by atoms with Crippen molar-refractivity contribution >= 4 is 5.97 Å². The SMILES string of the molecule is COC(=O)C(CCCCCCCCOc1ccccc1)N=O. The molecule has 1 aromatic carbocycles. The lowest BCUT2D eigenvalue weighted by Crippen LogP contribution is -2.19. The molecule has 1 rings (SSSR count). The first kappa shape index (κ1) is 18.1. The Hall–Kier alpha value is -1.91. The van der Waals surface area contributed by atoms with Crippen molar-refractivity contribution in [2.45, 2.75) is 51.0 Å². The summed E-state index contributed by atoms with van der Waals surface area (Å²) in [5.41, 5.74) is 0. The van der Waals surface area contributed by atoms with Gasteiger partial charge in [0, 0.05) is 0 Å². The van der Waals surface area contributed by atoms with Crippen molar-refractivity contribution < 1.29 is 14.3 Å². The van der Waals surface area contributed by atoms with E-state index in [0.29, 0.717) is 6.42 Å². The van der Waals surface area contributed by atoms with Gasteiger partial charge in [0.05, 0.1) is 13.7 Å². The van der Waals surface area contributed by atoms with Gasteiger partial charge in [-0.1, -0.05) is 55.5 Å². The Balaban J connectivity index is 1.93. The Kier molecular flexibility index (Phi) is 9.66. The predicted molar refractivity (Wildman–Crippen MR) is 85.9 cm³/mol. The van der Waals surface area contributed by atoms with Gasteiger partial charge in [-0.15, -0.1) is 4.91 Å². The minimum Gasteiger partial charge on any atom is -0.494 e. The fourth-order valence-electron chi connectivity index (χ4n) is 2.20. The van der Waals surface area contributed by atoms with E-state index in [-0.39, 0.29) is 0 Å². The fraction of sp³-hybridized carbons (Fsp3) is 0.588. The zero-order chi connectivity index (χ0) is 16.0. The van der Waals surface area contributed by atoms with E-state index < -0.39 is 12.0 Å². The van der Waals surface area contributed by atoms with Gasteiger partial charge in [0.2, 0.25) is 0 Å². The van der Waals surface area contributed by atoms with Gasteiger partial charge < -0.3 is 9.47 Å². The second-order valence-electron chi connectivity index (χ2n) is 5.22. The Bertz CT molecular complexity index is 422. The Morgan fingerprint density at radius 2 is 1.68 bits per heavy atom. The van der Waals surface area contributed by atoms with Crippen LogP contribution in [0.2, 0.25) is 0 Å². The molecular weight excluding hydrogens is 282 g/mol. The molecule has 0 radical (unpaired) electrons. The number of nitroso groups, excluding NO2 is 1. The molecule has 0 aromatic heterocycles. The molecule has 0 bridgehead atoms. The number of benzene rings is 1. The van der Waals surface area contributed by atoms with Crippen molar-refractivity contribution in [3.05, 3.63) is 35.2 Å². The number of hydrogen-bond donors (Lipinski definition) is 0. The zero-order valence-electron chi connectivity index (χ0n) is 13.2. The van der Waals surface area contributed by atoms with E-state index in [1.807, 2.05) is 30.3 Å². The van der Waals surface area contributed by atoms with Crippen LogP contribution in [0.5, 0.6) is 5.75 Å². The molecule has 0 N–H and O–H groups in total. The molecule has 1 aromatic rings. The van der Waals surface area contributed by atoms with Gasteiger partial charge >= 0.3 is 5.97 Å². The van der Waals surface area contributed by atoms with Crippen molar-refractivity contribution in [1.82, 2.24) is 0 Å². The number of para-hydroxylation sites is 1. The molecule has 0 aliphatic carbocycles. The Labute approximate surface area is 132 Å². The monoisotopic (exact) mass is 307 g/mol. The molecule has 122 valence electrons. The Morgan fingerprint density at radius 1 is 1.05 bits per heavy atom. The van der Waals surface area contributed by atoms with Crippen molar-refractivity contribution in [1.29, 1.82) is 0 Å². The standard InChI is InChI=1S/C17H25NO4/c1-21-17(19)16(18-20)13-9-4-2-3-5-10-14-22-15-11-7-6-8-12-15/h6-8,11-12,16H,2-5,9-10,13-14H2,1H3.